The molecule has 2 atom stereocenters. The van der Waals surface area contributed by atoms with Crippen LogP contribution in [0, 0.1) is 6.92 Å². The van der Waals surface area contributed by atoms with Crippen molar-refractivity contribution in [3.8, 4) is 5.88 Å². The molecule has 0 amide bonds. The van der Waals surface area contributed by atoms with E-state index in [9.17, 15) is 0 Å². The SMILES string of the molecule is Cc1ccc(C2CCCN2c2cc(N3CCOC[C@H]3C)cc(OC(C)(C)C)n2)o1. The van der Waals surface area contributed by atoms with Gasteiger partial charge in [-0.3, -0.25) is 0 Å². The Kier molecular flexibility index (Phi) is 5.47. The molecule has 1 unspecified atom stereocenters. The van der Waals surface area contributed by atoms with E-state index in [1.54, 1.807) is 0 Å². The molecule has 6 nitrogen and oxygen atoms in total. The molecule has 158 valence electrons. The highest BCUT2D eigenvalue weighted by Gasteiger charge is 2.31. The lowest BCUT2D eigenvalue weighted by Gasteiger charge is -2.36. The Morgan fingerprint density at radius 2 is 1.97 bits per heavy atom. The van der Waals surface area contributed by atoms with Gasteiger partial charge in [-0.1, -0.05) is 0 Å². The third-order valence-electron chi connectivity index (χ3n) is 5.52. The van der Waals surface area contributed by atoms with Crippen LogP contribution in [0.5, 0.6) is 5.88 Å². The van der Waals surface area contributed by atoms with Crippen LogP contribution in [-0.2, 0) is 4.74 Å². The minimum Gasteiger partial charge on any atom is -0.472 e. The van der Waals surface area contributed by atoms with Gasteiger partial charge in [0.15, 0.2) is 0 Å². The number of furan rings is 1. The smallest absolute Gasteiger partial charge is 0.217 e. The number of aryl methyl sites for hydroxylation is 1. The Hall–Kier alpha value is -2.21. The van der Waals surface area contributed by atoms with Crippen LogP contribution in [0.3, 0.4) is 0 Å². The van der Waals surface area contributed by atoms with Crippen LogP contribution in [0.4, 0.5) is 11.5 Å². The molecule has 2 aromatic heterocycles. The minimum absolute atomic E-state index is 0.219. The monoisotopic (exact) mass is 399 g/mol. The first-order chi connectivity index (χ1) is 13.8. The molecule has 0 aliphatic carbocycles. The van der Waals surface area contributed by atoms with E-state index in [0.717, 1.165) is 62.2 Å². The molecule has 0 saturated carbocycles. The van der Waals surface area contributed by atoms with Gasteiger partial charge in [-0.05, 0) is 59.6 Å². The quantitative estimate of drug-likeness (QED) is 0.741. The second kappa shape index (κ2) is 7.90. The van der Waals surface area contributed by atoms with Crippen molar-refractivity contribution < 1.29 is 13.9 Å². The number of nitrogens with zero attached hydrogens (tertiary/aromatic N) is 3. The summed E-state index contributed by atoms with van der Waals surface area (Å²) < 4.78 is 17.8. The van der Waals surface area contributed by atoms with E-state index in [4.69, 9.17) is 18.9 Å². The molecule has 2 aliphatic heterocycles. The Bertz CT molecular complexity index is 842. The highest BCUT2D eigenvalue weighted by Crippen LogP contribution is 2.39. The number of morpholine rings is 1. The molecule has 0 spiro atoms. The summed E-state index contributed by atoms with van der Waals surface area (Å²) in [6, 6.07) is 8.95. The summed E-state index contributed by atoms with van der Waals surface area (Å²) in [5.74, 6) is 3.60. The van der Waals surface area contributed by atoms with Crippen molar-refractivity contribution in [2.24, 2.45) is 0 Å². The molecule has 4 rings (SSSR count). The number of ether oxygens (including phenoxy) is 2. The zero-order valence-electron chi connectivity index (χ0n) is 18.3. The molecular formula is C23H33N3O3. The van der Waals surface area contributed by atoms with E-state index in [2.05, 4.69) is 55.7 Å². The fourth-order valence-corrected chi connectivity index (χ4v) is 4.24. The average Bonchev–Trinajstić information content (AvgIpc) is 3.29. The van der Waals surface area contributed by atoms with Gasteiger partial charge in [0, 0.05) is 37.0 Å². The third-order valence-corrected chi connectivity index (χ3v) is 5.52. The molecule has 0 N–H and O–H groups in total. The molecular weight excluding hydrogens is 366 g/mol. The van der Waals surface area contributed by atoms with Gasteiger partial charge >= 0.3 is 0 Å². The Labute approximate surface area is 173 Å². The van der Waals surface area contributed by atoms with Crippen LogP contribution in [0.1, 0.15) is 58.1 Å². The van der Waals surface area contributed by atoms with Crippen molar-refractivity contribution in [3.63, 3.8) is 0 Å². The Balaban J connectivity index is 1.71. The van der Waals surface area contributed by atoms with Crippen LogP contribution in [0.25, 0.3) is 0 Å². The van der Waals surface area contributed by atoms with Crippen LogP contribution in [-0.4, -0.2) is 42.9 Å². The van der Waals surface area contributed by atoms with Crippen LogP contribution < -0.4 is 14.5 Å². The highest BCUT2D eigenvalue weighted by molar-refractivity contribution is 5.60. The number of hydrogen-bond donors (Lipinski definition) is 0. The average molecular weight is 400 g/mol. The van der Waals surface area contributed by atoms with Gasteiger partial charge in [-0.25, -0.2) is 0 Å². The first kappa shape index (κ1) is 20.1. The first-order valence-electron chi connectivity index (χ1n) is 10.7. The van der Waals surface area contributed by atoms with E-state index in [1.807, 2.05) is 13.0 Å². The molecule has 0 aromatic carbocycles. The fraction of sp³-hybridized carbons (Fsp3) is 0.609. The largest absolute Gasteiger partial charge is 0.472 e. The van der Waals surface area contributed by atoms with Crippen molar-refractivity contribution in [3.05, 3.63) is 35.8 Å². The topological polar surface area (TPSA) is 51.0 Å². The van der Waals surface area contributed by atoms with Crippen LogP contribution in [0.15, 0.2) is 28.7 Å². The Morgan fingerprint density at radius 3 is 2.66 bits per heavy atom. The lowest BCUT2D eigenvalue weighted by molar-refractivity contribution is 0.0986. The molecule has 0 bridgehead atoms. The standard InChI is InChI=1S/C23H33N3O3/c1-16-15-27-12-11-25(16)18-13-21(24-22(14-18)29-23(3,4)5)26-10-6-7-19(26)20-9-8-17(2)28-20/h8-9,13-14,16,19H,6-7,10-12,15H2,1-5H3/t16-,19?/m1/s1. The summed E-state index contributed by atoms with van der Waals surface area (Å²) >= 11 is 0. The number of pyridine rings is 1. The van der Waals surface area contributed by atoms with E-state index >= 15 is 0 Å². The lowest BCUT2D eigenvalue weighted by atomic mass is 10.1. The highest BCUT2D eigenvalue weighted by atomic mass is 16.5. The van der Waals surface area contributed by atoms with Gasteiger partial charge < -0.3 is 23.7 Å². The third kappa shape index (κ3) is 4.53. The fourth-order valence-electron chi connectivity index (χ4n) is 4.24. The summed E-state index contributed by atoms with van der Waals surface area (Å²) in [6.07, 6.45) is 2.20. The van der Waals surface area contributed by atoms with E-state index in [0.29, 0.717) is 11.9 Å². The predicted octanol–water partition coefficient (Wildman–Crippen LogP) is 4.73. The maximum Gasteiger partial charge on any atom is 0.217 e. The molecule has 29 heavy (non-hydrogen) atoms. The van der Waals surface area contributed by atoms with E-state index in [-0.39, 0.29) is 11.6 Å². The summed E-state index contributed by atoms with van der Waals surface area (Å²) in [4.78, 5) is 9.67. The van der Waals surface area contributed by atoms with Gasteiger partial charge in [-0.2, -0.15) is 4.98 Å². The summed E-state index contributed by atoms with van der Waals surface area (Å²) in [5.41, 5.74) is 0.841. The van der Waals surface area contributed by atoms with Crippen molar-refractivity contribution in [2.45, 2.75) is 65.1 Å². The second-order valence-electron chi connectivity index (χ2n) is 9.15. The zero-order chi connectivity index (χ0) is 20.6. The van der Waals surface area contributed by atoms with Gasteiger partial charge in [-0.15, -0.1) is 0 Å². The zero-order valence-corrected chi connectivity index (χ0v) is 18.3. The first-order valence-corrected chi connectivity index (χ1v) is 10.7. The molecule has 0 radical (unpaired) electrons. The molecule has 2 saturated heterocycles. The normalized spacial score (nSPS) is 22.9. The van der Waals surface area contributed by atoms with Gasteiger partial charge in [0.25, 0.3) is 0 Å². The molecule has 4 heterocycles. The van der Waals surface area contributed by atoms with E-state index < -0.39 is 0 Å². The summed E-state index contributed by atoms with van der Waals surface area (Å²) in [7, 11) is 0. The van der Waals surface area contributed by atoms with Crippen molar-refractivity contribution in [1.82, 2.24) is 4.98 Å². The number of hydrogen-bond acceptors (Lipinski definition) is 6. The maximum absolute atomic E-state index is 6.19. The Morgan fingerprint density at radius 1 is 1.14 bits per heavy atom. The summed E-state index contributed by atoms with van der Waals surface area (Å²) in [5, 5.41) is 0. The van der Waals surface area contributed by atoms with Gasteiger partial charge in [0.05, 0.1) is 19.3 Å². The second-order valence-corrected chi connectivity index (χ2v) is 9.15. The number of aromatic nitrogens is 1. The summed E-state index contributed by atoms with van der Waals surface area (Å²) in [6.45, 7) is 13.7. The molecule has 2 aliphatic rings. The van der Waals surface area contributed by atoms with Gasteiger partial charge in [0.2, 0.25) is 5.88 Å². The van der Waals surface area contributed by atoms with E-state index in [1.165, 1.54) is 0 Å². The number of anilines is 2. The van der Waals surface area contributed by atoms with Crippen molar-refractivity contribution >= 4 is 11.5 Å². The minimum atomic E-state index is -0.304. The van der Waals surface area contributed by atoms with Crippen LogP contribution in [0.2, 0.25) is 0 Å². The maximum atomic E-state index is 6.19. The molecule has 2 fully saturated rings. The predicted molar refractivity (Wildman–Crippen MR) is 115 cm³/mol. The lowest BCUT2D eigenvalue weighted by Crippen LogP contribution is -2.43. The van der Waals surface area contributed by atoms with Gasteiger partial charge in [0.1, 0.15) is 22.9 Å². The number of rotatable bonds is 4. The molecule has 6 heteroatoms. The van der Waals surface area contributed by atoms with Crippen LogP contribution >= 0.6 is 0 Å². The van der Waals surface area contributed by atoms with Crippen molar-refractivity contribution in [1.29, 1.82) is 0 Å². The molecule has 2 aromatic rings. The van der Waals surface area contributed by atoms with Crippen molar-refractivity contribution in [2.75, 3.05) is 36.1 Å².